The van der Waals surface area contributed by atoms with Crippen LogP contribution in [0.3, 0.4) is 0 Å². The molecule has 0 saturated carbocycles. The third kappa shape index (κ3) is 3.24. The van der Waals surface area contributed by atoms with Crippen molar-refractivity contribution in [2.75, 3.05) is 5.73 Å². The van der Waals surface area contributed by atoms with Crippen LogP contribution in [0, 0.1) is 5.82 Å². The van der Waals surface area contributed by atoms with Gasteiger partial charge in [-0.15, -0.1) is 12.4 Å². The van der Waals surface area contributed by atoms with E-state index in [1.807, 2.05) is 6.07 Å². The highest BCUT2D eigenvalue weighted by molar-refractivity contribution is 5.96. The van der Waals surface area contributed by atoms with Gasteiger partial charge in [-0.05, 0) is 30.0 Å². The summed E-state index contributed by atoms with van der Waals surface area (Å²) in [7, 11) is 0. The van der Waals surface area contributed by atoms with Gasteiger partial charge in [-0.2, -0.15) is 0 Å². The normalized spacial score (nSPS) is 12.0. The number of halogens is 3. The van der Waals surface area contributed by atoms with E-state index in [-0.39, 0.29) is 29.9 Å². The van der Waals surface area contributed by atoms with Crippen LogP contribution in [-0.4, -0.2) is 9.97 Å². The number of nitrogens with two attached hydrogens (primary N) is 1. The van der Waals surface area contributed by atoms with Crippen LogP contribution < -0.4 is 5.73 Å². The summed E-state index contributed by atoms with van der Waals surface area (Å²) in [5.74, 6) is -0.296. The summed E-state index contributed by atoms with van der Waals surface area (Å²) in [6.07, 6.45) is -0.893. The summed E-state index contributed by atoms with van der Waals surface area (Å²) in [4.78, 5) is 8.12. The predicted molar refractivity (Wildman–Crippen MR) is 90.7 cm³/mol. The van der Waals surface area contributed by atoms with Gasteiger partial charge in [-0.25, -0.2) is 18.7 Å². The van der Waals surface area contributed by atoms with Gasteiger partial charge in [-0.1, -0.05) is 31.2 Å². The monoisotopic (exact) mass is 335 g/mol. The number of hydrogen-bond acceptors (Lipinski definition) is 3. The zero-order chi connectivity index (χ0) is 15.7. The number of hydrogen-bond donors (Lipinski definition) is 1. The van der Waals surface area contributed by atoms with Gasteiger partial charge in [0.05, 0.1) is 11.4 Å². The molecule has 1 atom stereocenters. The van der Waals surface area contributed by atoms with Gasteiger partial charge in [0.15, 0.2) is 0 Å². The second kappa shape index (κ2) is 6.87. The Hall–Kier alpha value is -2.27. The van der Waals surface area contributed by atoms with Crippen LogP contribution in [0.25, 0.3) is 22.0 Å². The Kier molecular flexibility index (Phi) is 5.11. The van der Waals surface area contributed by atoms with E-state index in [1.165, 1.54) is 6.07 Å². The van der Waals surface area contributed by atoms with Crippen LogP contribution in [0.1, 0.15) is 25.2 Å². The maximum Gasteiger partial charge on any atom is 0.220 e. The Morgan fingerprint density at radius 3 is 2.48 bits per heavy atom. The summed E-state index contributed by atoms with van der Waals surface area (Å²) in [5, 5.41) is 1.20. The number of aromatic nitrogens is 2. The number of fused-ring (bicyclic) bond motifs is 1. The lowest BCUT2D eigenvalue weighted by Gasteiger charge is -2.11. The highest BCUT2D eigenvalue weighted by atomic mass is 35.5. The molecule has 3 rings (SSSR count). The molecule has 0 aliphatic rings. The molecule has 3 nitrogen and oxygen atoms in total. The summed E-state index contributed by atoms with van der Waals surface area (Å²) in [6.45, 7) is 1.73. The molecule has 0 fully saturated rings. The number of alkyl halides is 1. The molecule has 2 N–H and O–H groups in total. The van der Waals surface area contributed by atoms with Crippen LogP contribution in [0.2, 0.25) is 0 Å². The molecule has 1 unspecified atom stereocenters. The zero-order valence-electron chi connectivity index (χ0n) is 12.5. The third-order valence-corrected chi connectivity index (χ3v) is 3.59. The summed E-state index contributed by atoms with van der Waals surface area (Å²) >= 11 is 0. The molecule has 2 aromatic carbocycles. The molecule has 0 spiro atoms. The van der Waals surface area contributed by atoms with Crippen molar-refractivity contribution < 1.29 is 8.78 Å². The zero-order valence-corrected chi connectivity index (χ0v) is 13.3. The predicted octanol–water partition coefficient (Wildman–Crippen LogP) is 4.86. The van der Waals surface area contributed by atoms with Gasteiger partial charge >= 0.3 is 0 Å². The second-order valence-corrected chi connectivity index (χ2v) is 5.05. The first kappa shape index (κ1) is 17.1. The maximum absolute atomic E-state index is 13.9. The van der Waals surface area contributed by atoms with Gasteiger partial charge in [0.25, 0.3) is 0 Å². The Balaban J connectivity index is 0.00000192. The minimum Gasteiger partial charge on any atom is -0.368 e. The molecule has 0 bridgehead atoms. The minimum atomic E-state index is -1.20. The lowest BCUT2D eigenvalue weighted by Crippen LogP contribution is -2.03. The molecule has 3 aromatic rings. The number of anilines is 1. The average Bonchev–Trinajstić information content (AvgIpc) is 2.54. The van der Waals surface area contributed by atoms with E-state index < -0.39 is 6.17 Å². The third-order valence-electron chi connectivity index (χ3n) is 3.59. The topological polar surface area (TPSA) is 51.8 Å². The minimum absolute atomic E-state index is 0. The highest BCUT2D eigenvalue weighted by Gasteiger charge is 2.15. The molecular weight excluding hydrogens is 320 g/mol. The molecule has 1 heterocycles. The number of nitrogens with zero attached hydrogens (tertiary/aromatic N) is 2. The number of rotatable bonds is 3. The van der Waals surface area contributed by atoms with Crippen LogP contribution in [0.15, 0.2) is 42.5 Å². The van der Waals surface area contributed by atoms with Crippen molar-refractivity contribution in [2.45, 2.75) is 19.5 Å². The van der Waals surface area contributed by atoms with Gasteiger partial charge in [0.1, 0.15) is 12.0 Å². The largest absolute Gasteiger partial charge is 0.368 e. The molecule has 0 aliphatic heterocycles. The van der Waals surface area contributed by atoms with E-state index in [9.17, 15) is 8.78 Å². The van der Waals surface area contributed by atoms with Crippen LogP contribution in [-0.2, 0) is 0 Å². The van der Waals surface area contributed by atoms with Gasteiger partial charge in [0.2, 0.25) is 5.95 Å². The standard InChI is InChI=1S/C17H15F2N3.ClH/c1-2-13(18)16-9-15(21-17(20)22-16)12-7-8-14(19)11-6-4-3-5-10(11)12;/h3-9,13H,2H2,1H3,(H2,20,21,22);1H. The molecule has 0 aliphatic carbocycles. The van der Waals surface area contributed by atoms with Gasteiger partial charge < -0.3 is 5.73 Å². The van der Waals surface area contributed by atoms with Crippen molar-refractivity contribution >= 4 is 29.1 Å². The Morgan fingerprint density at radius 1 is 1.09 bits per heavy atom. The Labute approximate surface area is 139 Å². The fourth-order valence-corrected chi connectivity index (χ4v) is 2.48. The van der Waals surface area contributed by atoms with E-state index in [0.29, 0.717) is 28.5 Å². The fraction of sp³-hybridized carbons (Fsp3) is 0.176. The lowest BCUT2D eigenvalue weighted by molar-refractivity contribution is 0.327. The van der Waals surface area contributed by atoms with Crippen molar-refractivity contribution in [3.63, 3.8) is 0 Å². The molecule has 0 saturated heterocycles. The first-order valence-electron chi connectivity index (χ1n) is 7.06. The fourth-order valence-electron chi connectivity index (χ4n) is 2.48. The molecular formula is C17H16ClF2N3. The van der Waals surface area contributed by atoms with E-state index in [4.69, 9.17) is 5.73 Å². The van der Waals surface area contributed by atoms with E-state index in [2.05, 4.69) is 9.97 Å². The van der Waals surface area contributed by atoms with E-state index in [1.54, 1.807) is 37.3 Å². The van der Waals surface area contributed by atoms with Crippen molar-refractivity contribution in [3.8, 4) is 11.3 Å². The summed E-state index contributed by atoms with van der Waals surface area (Å²) in [6, 6.07) is 11.7. The molecule has 23 heavy (non-hydrogen) atoms. The van der Waals surface area contributed by atoms with Crippen molar-refractivity contribution in [1.29, 1.82) is 0 Å². The smallest absolute Gasteiger partial charge is 0.220 e. The maximum atomic E-state index is 13.9. The molecule has 0 amide bonds. The van der Waals surface area contributed by atoms with Crippen molar-refractivity contribution in [3.05, 3.63) is 54.0 Å². The first-order chi connectivity index (χ1) is 10.6. The molecule has 0 radical (unpaired) electrons. The average molecular weight is 336 g/mol. The van der Waals surface area contributed by atoms with Gasteiger partial charge in [0, 0.05) is 10.9 Å². The van der Waals surface area contributed by atoms with Crippen LogP contribution >= 0.6 is 12.4 Å². The Morgan fingerprint density at radius 2 is 1.78 bits per heavy atom. The van der Waals surface area contributed by atoms with E-state index in [0.717, 1.165) is 0 Å². The van der Waals surface area contributed by atoms with Gasteiger partial charge in [-0.3, -0.25) is 0 Å². The first-order valence-corrected chi connectivity index (χ1v) is 7.06. The summed E-state index contributed by atoms with van der Waals surface area (Å²) in [5.41, 5.74) is 7.15. The lowest BCUT2D eigenvalue weighted by atomic mass is 10.0. The van der Waals surface area contributed by atoms with Crippen LogP contribution in [0.5, 0.6) is 0 Å². The number of nitrogen functional groups attached to an aromatic ring is 1. The van der Waals surface area contributed by atoms with E-state index >= 15 is 0 Å². The number of benzene rings is 2. The summed E-state index contributed by atoms with van der Waals surface area (Å²) < 4.78 is 27.8. The van der Waals surface area contributed by atoms with Crippen molar-refractivity contribution in [2.24, 2.45) is 0 Å². The molecule has 120 valence electrons. The quantitative estimate of drug-likeness (QED) is 0.743. The Bertz CT molecular complexity index is 839. The molecule has 1 aromatic heterocycles. The van der Waals surface area contributed by atoms with Crippen LogP contribution in [0.4, 0.5) is 14.7 Å². The molecule has 6 heteroatoms. The van der Waals surface area contributed by atoms with Crippen molar-refractivity contribution in [1.82, 2.24) is 9.97 Å². The second-order valence-electron chi connectivity index (χ2n) is 5.05. The SMILES string of the molecule is CCC(F)c1cc(-c2ccc(F)c3ccccc23)nc(N)n1.Cl. The highest BCUT2D eigenvalue weighted by Crippen LogP contribution is 2.31.